The fraction of sp³-hybridized carbons (Fsp3) is 0.520. The van der Waals surface area contributed by atoms with Crippen LogP contribution in [0.1, 0.15) is 67.3 Å². The zero-order valence-electron chi connectivity index (χ0n) is 20.2. The summed E-state index contributed by atoms with van der Waals surface area (Å²) in [5, 5.41) is 24.4. The first-order valence-electron chi connectivity index (χ1n) is 12.3. The lowest BCUT2D eigenvalue weighted by Crippen LogP contribution is -2.32. The smallest absolute Gasteiger partial charge is 0.254 e. The van der Waals surface area contributed by atoms with Crippen molar-refractivity contribution in [1.29, 1.82) is 0 Å². The number of aliphatic hydroxyl groups is 1. The summed E-state index contributed by atoms with van der Waals surface area (Å²) in [6.45, 7) is 3.81. The first-order chi connectivity index (χ1) is 17.0. The molecule has 2 atom stereocenters. The molecule has 2 unspecified atom stereocenters. The van der Waals surface area contributed by atoms with E-state index in [1.807, 2.05) is 11.0 Å². The summed E-state index contributed by atoms with van der Waals surface area (Å²) in [5.41, 5.74) is 4.50. The molecule has 1 aromatic heterocycles. The first kappa shape index (κ1) is 26.4. The lowest BCUT2D eigenvalue weighted by Gasteiger charge is -2.25. The van der Waals surface area contributed by atoms with Crippen molar-refractivity contribution in [3.63, 3.8) is 0 Å². The predicted molar refractivity (Wildman–Crippen MR) is 134 cm³/mol. The third-order valence-corrected chi connectivity index (χ3v) is 6.35. The van der Waals surface area contributed by atoms with E-state index in [2.05, 4.69) is 45.7 Å². The van der Waals surface area contributed by atoms with E-state index in [1.165, 1.54) is 23.6 Å². The molecule has 3 rings (SSSR count). The van der Waals surface area contributed by atoms with E-state index in [9.17, 15) is 14.7 Å². The molecule has 0 saturated carbocycles. The van der Waals surface area contributed by atoms with E-state index in [0.717, 1.165) is 25.7 Å². The number of unbranched alkanes of at least 4 members (excludes halogenated alkanes) is 3. The molecule has 1 aliphatic heterocycles. The van der Waals surface area contributed by atoms with Crippen LogP contribution in [0.3, 0.4) is 0 Å². The van der Waals surface area contributed by atoms with E-state index in [4.69, 9.17) is 5.21 Å². The molecule has 0 saturated heterocycles. The third-order valence-electron chi connectivity index (χ3n) is 6.35. The highest BCUT2D eigenvalue weighted by molar-refractivity contribution is 5.93. The predicted octanol–water partition coefficient (Wildman–Crippen LogP) is 2.45. The Morgan fingerprint density at radius 1 is 1.09 bits per heavy atom. The monoisotopic (exact) mass is 484 g/mol. The first-order valence-corrected chi connectivity index (χ1v) is 12.3. The van der Waals surface area contributed by atoms with Crippen LogP contribution in [0.4, 0.5) is 11.6 Å². The Hall–Kier alpha value is -3.24. The Balaban J connectivity index is 1.46. The number of hydroxylamine groups is 1. The van der Waals surface area contributed by atoms with Gasteiger partial charge in [-0.25, -0.2) is 15.4 Å². The number of para-hydroxylation sites is 1. The quantitative estimate of drug-likeness (QED) is 0.157. The molecule has 5 N–H and O–H groups in total. The molecule has 2 aromatic rings. The van der Waals surface area contributed by atoms with Crippen molar-refractivity contribution in [2.75, 3.05) is 36.5 Å². The number of hydrogen-bond donors (Lipinski definition) is 5. The average Bonchev–Trinajstić information content (AvgIpc) is 3.20. The van der Waals surface area contributed by atoms with Crippen molar-refractivity contribution < 1.29 is 19.9 Å². The largest absolute Gasteiger partial charge is 0.395 e. The summed E-state index contributed by atoms with van der Waals surface area (Å²) in [4.78, 5) is 34.1. The number of carbonyl (C=O) groups is 2. The third kappa shape index (κ3) is 7.63. The van der Waals surface area contributed by atoms with Crippen LogP contribution in [0.25, 0.3) is 0 Å². The van der Waals surface area contributed by atoms with Gasteiger partial charge in [-0.1, -0.05) is 31.0 Å². The molecule has 190 valence electrons. The molecule has 0 spiro atoms. The number of benzene rings is 1. The fourth-order valence-electron chi connectivity index (χ4n) is 4.43. The van der Waals surface area contributed by atoms with Gasteiger partial charge < -0.3 is 20.6 Å². The van der Waals surface area contributed by atoms with Crippen LogP contribution in [-0.4, -0.2) is 64.4 Å². The minimum atomic E-state index is -0.380. The standard InChI is InChI=1S/C25H36N6O4/c1-18-20(21-8-5-6-9-22(21)29-18)11-13-31(14-15-32)25-27-16-19(17-28-25)24(34)26-12-7-3-2-4-10-23(33)30-35/h5-6,8-9,16-18,20,29,32,35H,2-4,7,10-15H2,1H3,(H,26,34)(H,30,33). The van der Waals surface area contributed by atoms with Gasteiger partial charge in [-0.05, 0) is 37.8 Å². The number of nitrogens with zero attached hydrogens (tertiary/aromatic N) is 3. The lowest BCUT2D eigenvalue weighted by atomic mass is 9.92. The molecule has 10 heteroatoms. The molecule has 1 aromatic carbocycles. The van der Waals surface area contributed by atoms with Crippen molar-refractivity contribution in [1.82, 2.24) is 20.8 Å². The van der Waals surface area contributed by atoms with E-state index in [0.29, 0.717) is 55.9 Å². The van der Waals surface area contributed by atoms with Crippen LogP contribution in [-0.2, 0) is 4.79 Å². The highest BCUT2D eigenvalue weighted by Gasteiger charge is 2.29. The molecule has 1 aliphatic rings. The summed E-state index contributed by atoms with van der Waals surface area (Å²) in [5.74, 6) is 0.251. The highest BCUT2D eigenvalue weighted by Crippen LogP contribution is 2.37. The van der Waals surface area contributed by atoms with Crippen molar-refractivity contribution >= 4 is 23.5 Å². The van der Waals surface area contributed by atoms with E-state index in [-0.39, 0.29) is 18.4 Å². The highest BCUT2D eigenvalue weighted by atomic mass is 16.5. The SMILES string of the molecule is CC1Nc2ccccc2C1CCN(CCO)c1ncc(C(=O)NCCCCCCC(=O)NO)cn1. The molecule has 35 heavy (non-hydrogen) atoms. The number of carbonyl (C=O) groups excluding carboxylic acids is 2. The summed E-state index contributed by atoms with van der Waals surface area (Å²) in [7, 11) is 0. The molecule has 0 aliphatic carbocycles. The average molecular weight is 485 g/mol. The number of amides is 2. The van der Waals surface area contributed by atoms with Gasteiger partial charge in [-0.15, -0.1) is 0 Å². The zero-order chi connectivity index (χ0) is 25.0. The Morgan fingerprint density at radius 3 is 2.57 bits per heavy atom. The summed E-state index contributed by atoms with van der Waals surface area (Å²) < 4.78 is 0. The van der Waals surface area contributed by atoms with Crippen molar-refractivity contribution in [3.8, 4) is 0 Å². The number of aliphatic hydroxyl groups excluding tert-OH is 1. The Morgan fingerprint density at radius 2 is 1.83 bits per heavy atom. The van der Waals surface area contributed by atoms with E-state index in [1.54, 1.807) is 5.48 Å². The lowest BCUT2D eigenvalue weighted by molar-refractivity contribution is -0.129. The Kier molecular flexibility index (Phi) is 10.2. The van der Waals surface area contributed by atoms with Gasteiger partial charge in [0.2, 0.25) is 11.9 Å². The second kappa shape index (κ2) is 13.6. The molecule has 0 radical (unpaired) electrons. The maximum atomic E-state index is 12.4. The molecular formula is C25H36N6O4. The van der Waals surface area contributed by atoms with Crippen LogP contribution < -0.4 is 21.0 Å². The minimum Gasteiger partial charge on any atom is -0.395 e. The normalized spacial score (nSPS) is 16.3. The minimum absolute atomic E-state index is 0.00860. The topological polar surface area (TPSA) is 140 Å². The number of fused-ring (bicyclic) bond motifs is 1. The number of nitrogens with one attached hydrogen (secondary N) is 3. The Bertz CT molecular complexity index is 955. The van der Waals surface area contributed by atoms with Gasteiger partial charge in [0.15, 0.2) is 0 Å². The maximum absolute atomic E-state index is 12.4. The van der Waals surface area contributed by atoms with Crippen molar-refractivity contribution in [2.24, 2.45) is 0 Å². The number of hydrogen-bond acceptors (Lipinski definition) is 8. The zero-order valence-corrected chi connectivity index (χ0v) is 20.2. The Labute approximate surface area is 206 Å². The molecule has 2 heterocycles. The van der Waals surface area contributed by atoms with E-state index < -0.39 is 0 Å². The molecule has 0 fully saturated rings. The molecule has 10 nitrogen and oxygen atoms in total. The number of aromatic nitrogens is 2. The number of rotatable bonds is 14. The molecular weight excluding hydrogens is 448 g/mol. The summed E-state index contributed by atoms with van der Waals surface area (Å²) >= 11 is 0. The molecule has 0 bridgehead atoms. The molecule has 2 amide bonds. The van der Waals surface area contributed by atoms with Gasteiger partial charge in [0.25, 0.3) is 5.91 Å². The second-order valence-corrected chi connectivity index (χ2v) is 8.85. The van der Waals surface area contributed by atoms with Crippen molar-refractivity contribution in [3.05, 3.63) is 47.8 Å². The summed E-state index contributed by atoms with van der Waals surface area (Å²) in [6.07, 6.45) is 7.45. The van der Waals surface area contributed by atoms with Gasteiger partial charge in [-0.2, -0.15) is 0 Å². The van der Waals surface area contributed by atoms with Gasteiger partial charge in [-0.3, -0.25) is 14.8 Å². The van der Waals surface area contributed by atoms with Gasteiger partial charge in [0.1, 0.15) is 0 Å². The van der Waals surface area contributed by atoms with Crippen LogP contribution in [0.15, 0.2) is 36.7 Å². The van der Waals surface area contributed by atoms with Gasteiger partial charge in [0, 0.05) is 56.1 Å². The van der Waals surface area contributed by atoms with Crippen LogP contribution in [0.5, 0.6) is 0 Å². The van der Waals surface area contributed by atoms with E-state index >= 15 is 0 Å². The maximum Gasteiger partial charge on any atom is 0.254 e. The van der Waals surface area contributed by atoms with Gasteiger partial charge in [0.05, 0.1) is 12.2 Å². The fourth-order valence-corrected chi connectivity index (χ4v) is 4.43. The van der Waals surface area contributed by atoms with Crippen LogP contribution in [0.2, 0.25) is 0 Å². The van der Waals surface area contributed by atoms with Crippen molar-refractivity contribution in [2.45, 2.75) is 57.4 Å². The second-order valence-electron chi connectivity index (χ2n) is 8.85. The number of anilines is 2. The van der Waals surface area contributed by atoms with Gasteiger partial charge >= 0.3 is 0 Å². The van der Waals surface area contributed by atoms with Crippen LogP contribution >= 0.6 is 0 Å². The van der Waals surface area contributed by atoms with Crippen LogP contribution in [0, 0.1) is 0 Å². The summed E-state index contributed by atoms with van der Waals surface area (Å²) in [6, 6.07) is 8.68.